The minimum atomic E-state index is -3.09. The summed E-state index contributed by atoms with van der Waals surface area (Å²) >= 11 is 0. The number of hydrogen-bond donors (Lipinski definition) is 0. The van der Waals surface area contributed by atoms with Crippen LogP contribution in [0.5, 0.6) is 5.75 Å². The third kappa shape index (κ3) is 4.94. The van der Waals surface area contributed by atoms with Crippen LogP contribution < -0.4 is 4.74 Å². The first-order chi connectivity index (χ1) is 11.7. The number of carbonyl (C=O) groups is 2. The number of esters is 1. The maximum atomic E-state index is 12.4. The predicted molar refractivity (Wildman–Crippen MR) is 92.3 cm³/mol. The number of hydrogen-bond acceptors (Lipinski definition) is 6. The van der Waals surface area contributed by atoms with Crippen LogP contribution in [0.15, 0.2) is 24.3 Å². The second kappa shape index (κ2) is 7.86. The van der Waals surface area contributed by atoms with E-state index >= 15 is 0 Å². The van der Waals surface area contributed by atoms with Crippen LogP contribution >= 0.6 is 0 Å². The Hall–Kier alpha value is -2.09. The Morgan fingerprint density at radius 2 is 1.92 bits per heavy atom. The average molecular weight is 369 g/mol. The Kier molecular flexibility index (Phi) is 6.05. The van der Waals surface area contributed by atoms with Crippen LogP contribution in [0.1, 0.15) is 30.6 Å². The molecule has 1 aromatic rings. The van der Waals surface area contributed by atoms with Gasteiger partial charge in [0.2, 0.25) is 0 Å². The number of carbonyl (C=O) groups excluding carboxylic acids is 2. The first kappa shape index (κ1) is 19.2. The van der Waals surface area contributed by atoms with Gasteiger partial charge in [-0.3, -0.25) is 4.79 Å². The normalized spacial score (nSPS) is 19.9. The summed E-state index contributed by atoms with van der Waals surface area (Å²) < 4.78 is 33.6. The molecule has 1 aliphatic heterocycles. The summed E-state index contributed by atoms with van der Waals surface area (Å²) in [6, 6.07) is 6.07. The molecule has 2 atom stereocenters. The number of rotatable bonds is 6. The number of benzene rings is 1. The van der Waals surface area contributed by atoms with Gasteiger partial charge >= 0.3 is 5.97 Å². The monoisotopic (exact) mass is 369 g/mol. The van der Waals surface area contributed by atoms with Crippen LogP contribution in [-0.2, 0) is 19.4 Å². The van der Waals surface area contributed by atoms with Crippen molar-refractivity contribution in [2.24, 2.45) is 0 Å². The molecule has 0 spiro atoms. The maximum absolute atomic E-state index is 12.4. The van der Waals surface area contributed by atoms with Crippen LogP contribution in [0.3, 0.4) is 0 Å². The third-order valence-electron chi connectivity index (χ3n) is 4.14. The summed E-state index contributed by atoms with van der Waals surface area (Å²) in [5.41, 5.74) is 0.314. The summed E-state index contributed by atoms with van der Waals surface area (Å²) in [4.78, 5) is 25.9. The van der Waals surface area contributed by atoms with E-state index in [9.17, 15) is 18.0 Å². The largest absolute Gasteiger partial charge is 0.494 e. The van der Waals surface area contributed by atoms with Gasteiger partial charge in [0.25, 0.3) is 5.91 Å². The van der Waals surface area contributed by atoms with Crippen LogP contribution in [-0.4, -0.2) is 62.5 Å². The molecule has 8 heteroatoms. The van der Waals surface area contributed by atoms with Gasteiger partial charge in [-0.1, -0.05) is 0 Å². The zero-order chi connectivity index (χ0) is 18.6. The molecule has 1 aliphatic rings. The molecule has 1 saturated heterocycles. The van der Waals surface area contributed by atoms with Crippen molar-refractivity contribution in [2.75, 3.05) is 25.2 Å². The summed E-state index contributed by atoms with van der Waals surface area (Å²) in [6.45, 7) is 3.87. The Labute approximate surface area is 147 Å². The minimum Gasteiger partial charge on any atom is -0.494 e. The third-order valence-corrected chi connectivity index (χ3v) is 5.89. The highest BCUT2D eigenvalue weighted by Crippen LogP contribution is 2.18. The van der Waals surface area contributed by atoms with Gasteiger partial charge in [-0.25, -0.2) is 13.2 Å². The summed E-state index contributed by atoms with van der Waals surface area (Å²) in [5, 5.41) is 0. The van der Waals surface area contributed by atoms with E-state index in [1.54, 1.807) is 24.3 Å². The lowest BCUT2D eigenvalue weighted by atomic mass is 10.2. The van der Waals surface area contributed by atoms with Crippen molar-refractivity contribution in [3.05, 3.63) is 29.8 Å². The van der Waals surface area contributed by atoms with E-state index in [0.717, 1.165) is 0 Å². The second-order valence-corrected chi connectivity index (χ2v) is 8.24. The SMILES string of the molecule is CCOc1ccc(C(=O)OC(C)C(=O)N(C)C2CCS(=O)(=O)C2)cc1. The molecule has 0 bridgehead atoms. The first-order valence-corrected chi connectivity index (χ1v) is 9.96. The molecule has 0 saturated carbocycles. The summed E-state index contributed by atoms with van der Waals surface area (Å²) in [7, 11) is -1.55. The Balaban J connectivity index is 1.94. The lowest BCUT2D eigenvalue weighted by molar-refractivity contribution is -0.140. The zero-order valence-electron chi connectivity index (χ0n) is 14.6. The van der Waals surface area contributed by atoms with Crippen molar-refractivity contribution in [3.8, 4) is 5.75 Å². The molecule has 2 rings (SSSR count). The van der Waals surface area contributed by atoms with Gasteiger partial charge in [0.05, 0.1) is 23.7 Å². The van der Waals surface area contributed by atoms with Gasteiger partial charge in [0, 0.05) is 13.1 Å². The number of likely N-dealkylation sites (N-methyl/N-ethyl adjacent to an activating group) is 1. The summed E-state index contributed by atoms with van der Waals surface area (Å²) in [6.07, 6.45) is -0.586. The molecule has 2 unspecified atom stereocenters. The van der Waals surface area contributed by atoms with E-state index in [1.165, 1.54) is 18.9 Å². The molecule has 0 radical (unpaired) electrons. The molecule has 1 aromatic carbocycles. The van der Waals surface area contributed by atoms with E-state index < -0.39 is 27.8 Å². The molecule has 1 amide bonds. The fourth-order valence-electron chi connectivity index (χ4n) is 2.68. The fourth-order valence-corrected chi connectivity index (χ4v) is 4.45. The molecule has 0 aliphatic carbocycles. The van der Waals surface area contributed by atoms with Crippen molar-refractivity contribution >= 4 is 21.7 Å². The van der Waals surface area contributed by atoms with Gasteiger partial charge in [-0.15, -0.1) is 0 Å². The standard InChI is InChI=1S/C17H23NO6S/c1-4-23-15-7-5-13(6-8-15)17(20)24-12(2)16(19)18(3)14-9-10-25(21,22)11-14/h5-8,12,14H,4,9-11H2,1-3H3. The van der Waals surface area contributed by atoms with Crippen LogP contribution in [0.2, 0.25) is 0 Å². The van der Waals surface area contributed by atoms with Crippen molar-refractivity contribution in [2.45, 2.75) is 32.4 Å². The molecule has 0 aromatic heterocycles. The Morgan fingerprint density at radius 1 is 1.28 bits per heavy atom. The second-order valence-electron chi connectivity index (χ2n) is 6.01. The minimum absolute atomic E-state index is 0.0468. The van der Waals surface area contributed by atoms with Gasteiger partial charge in [0.1, 0.15) is 5.75 Å². The number of ether oxygens (including phenoxy) is 2. The Bertz CT molecular complexity index is 728. The van der Waals surface area contributed by atoms with Gasteiger partial charge in [-0.05, 0) is 44.5 Å². The molecule has 1 fully saturated rings. The topological polar surface area (TPSA) is 90.0 Å². The molecule has 138 valence electrons. The molecule has 7 nitrogen and oxygen atoms in total. The van der Waals surface area contributed by atoms with Gasteiger partial charge < -0.3 is 14.4 Å². The van der Waals surface area contributed by atoms with Crippen LogP contribution in [0, 0.1) is 0 Å². The Morgan fingerprint density at radius 3 is 2.44 bits per heavy atom. The fraction of sp³-hybridized carbons (Fsp3) is 0.529. The average Bonchev–Trinajstić information content (AvgIpc) is 2.94. The van der Waals surface area contributed by atoms with Crippen molar-refractivity contribution in [1.82, 2.24) is 4.90 Å². The summed E-state index contributed by atoms with van der Waals surface area (Å²) in [5.74, 6) is -0.354. The molecule has 1 heterocycles. The van der Waals surface area contributed by atoms with E-state index in [4.69, 9.17) is 9.47 Å². The predicted octanol–water partition coefficient (Wildman–Crippen LogP) is 1.28. The molecular formula is C17H23NO6S. The first-order valence-electron chi connectivity index (χ1n) is 8.14. The maximum Gasteiger partial charge on any atom is 0.338 e. The van der Waals surface area contributed by atoms with E-state index in [2.05, 4.69) is 0 Å². The lowest BCUT2D eigenvalue weighted by Gasteiger charge is -2.26. The highest BCUT2D eigenvalue weighted by molar-refractivity contribution is 7.91. The van der Waals surface area contributed by atoms with Crippen molar-refractivity contribution in [3.63, 3.8) is 0 Å². The van der Waals surface area contributed by atoms with Gasteiger partial charge in [-0.2, -0.15) is 0 Å². The van der Waals surface area contributed by atoms with Crippen molar-refractivity contribution < 1.29 is 27.5 Å². The highest BCUT2D eigenvalue weighted by Gasteiger charge is 2.35. The smallest absolute Gasteiger partial charge is 0.338 e. The van der Waals surface area contributed by atoms with E-state index in [1.807, 2.05) is 6.92 Å². The molecular weight excluding hydrogens is 346 g/mol. The molecule has 25 heavy (non-hydrogen) atoms. The molecule has 0 N–H and O–H groups in total. The van der Waals surface area contributed by atoms with E-state index in [-0.39, 0.29) is 17.5 Å². The number of amides is 1. The quantitative estimate of drug-likeness (QED) is 0.702. The lowest BCUT2D eigenvalue weighted by Crippen LogP contribution is -2.44. The number of sulfone groups is 1. The van der Waals surface area contributed by atoms with Crippen LogP contribution in [0.25, 0.3) is 0 Å². The van der Waals surface area contributed by atoms with E-state index in [0.29, 0.717) is 24.3 Å². The van der Waals surface area contributed by atoms with Crippen molar-refractivity contribution in [1.29, 1.82) is 0 Å². The highest BCUT2D eigenvalue weighted by atomic mass is 32.2. The van der Waals surface area contributed by atoms with Gasteiger partial charge in [0.15, 0.2) is 15.9 Å². The zero-order valence-corrected chi connectivity index (χ0v) is 15.4. The number of nitrogens with zero attached hydrogens (tertiary/aromatic N) is 1. The van der Waals surface area contributed by atoms with Crippen LogP contribution in [0.4, 0.5) is 0 Å².